The van der Waals surface area contributed by atoms with Gasteiger partial charge in [-0.3, -0.25) is 9.69 Å². The van der Waals surface area contributed by atoms with Crippen LogP contribution in [0.25, 0.3) is 0 Å². The van der Waals surface area contributed by atoms with E-state index in [1.54, 1.807) is 0 Å². The number of carboxylic acids is 1. The van der Waals surface area contributed by atoms with E-state index in [0.29, 0.717) is 30.8 Å². The molecule has 1 saturated heterocycles. The Hall–Kier alpha value is -1.24. The molecule has 1 N–H and O–H groups in total. The van der Waals surface area contributed by atoms with Crippen molar-refractivity contribution in [3.05, 3.63) is 11.6 Å². The summed E-state index contributed by atoms with van der Waals surface area (Å²) in [7, 11) is 0. The molecule has 6 aliphatic rings. The topological polar surface area (TPSA) is 76.1 Å². The van der Waals surface area contributed by atoms with Crippen molar-refractivity contribution in [2.45, 2.75) is 90.3 Å². The molecule has 4 bridgehead atoms. The maximum atomic E-state index is 13.5. The molecule has 5 fully saturated rings. The second-order valence-electron chi connectivity index (χ2n) is 12.4. The SMILES string of the molecule is CC(C)C1=C[C@@H]2C[C@]3(C=O)[C@@H]4CC[C@@H](C)[C@H]4C[C@@]2(O[C@H]2CN(C4CC4)C[C@@H](C)O2)[C@]13C(=O)O. The Morgan fingerprint density at radius 3 is 2.61 bits per heavy atom. The average molecular weight is 458 g/mol. The van der Waals surface area contributed by atoms with Gasteiger partial charge in [0.2, 0.25) is 0 Å². The van der Waals surface area contributed by atoms with E-state index < -0.39 is 28.7 Å². The minimum absolute atomic E-state index is 0.0516. The van der Waals surface area contributed by atoms with Crippen LogP contribution in [-0.2, 0) is 19.1 Å². The summed E-state index contributed by atoms with van der Waals surface area (Å²) in [4.78, 5) is 29.1. The summed E-state index contributed by atoms with van der Waals surface area (Å²) in [5.41, 5.74) is -2.17. The van der Waals surface area contributed by atoms with E-state index >= 15 is 0 Å². The first-order chi connectivity index (χ1) is 15.7. The van der Waals surface area contributed by atoms with Crippen LogP contribution in [-0.4, -0.2) is 59.4 Å². The smallest absolute Gasteiger partial charge is 0.317 e. The van der Waals surface area contributed by atoms with Crippen molar-refractivity contribution in [1.82, 2.24) is 4.90 Å². The molecule has 182 valence electrons. The second-order valence-corrected chi connectivity index (χ2v) is 12.4. The van der Waals surface area contributed by atoms with Gasteiger partial charge in [0.15, 0.2) is 6.29 Å². The minimum Gasteiger partial charge on any atom is -0.480 e. The van der Waals surface area contributed by atoms with E-state index in [4.69, 9.17) is 9.47 Å². The van der Waals surface area contributed by atoms with Crippen LogP contribution < -0.4 is 0 Å². The van der Waals surface area contributed by atoms with E-state index in [2.05, 4.69) is 38.7 Å². The fourth-order valence-electron chi connectivity index (χ4n) is 9.29. The van der Waals surface area contributed by atoms with Crippen molar-refractivity contribution >= 4 is 12.3 Å². The minimum atomic E-state index is -1.29. The van der Waals surface area contributed by atoms with Crippen LogP contribution in [0.4, 0.5) is 0 Å². The Kier molecular flexibility index (Phi) is 4.81. The maximum absolute atomic E-state index is 13.5. The predicted molar refractivity (Wildman–Crippen MR) is 122 cm³/mol. The first-order valence-corrected chi connectivity index (χ1v) is 13.2. The van der Waals surface area contributed by atoms with Crippen LogP contribution in [0, 0.1) is 40.4 Å². The standard InChI is InChI=1S/C27H39NO5/c1-15(2)22-9-18-10-25(14-29)21-8-5-16(3)20(21)11-26(18,27(22,25)24(30)31)33-23-13-28(19-6-7-19)12-17(4)32-23/h9,14-21,23H,5-8,10-13H2,1-4H3,(H,30,31)/t16-,17-,18-,20-,21-,23+,25+,26+,27+/m1/s1. The van der Waals surface area contributed by atoms with Crippen LogP contribution in [0.1, 0.15) is 66.2 Å². The number of aliphatic carboxylic acids is 1. The van der Waals surface area contributed by atoms with Gasteiger partial charge in [-0.2, -0.15) is 0 Å². The highest BCUT2D eigenvalue weighted by Gasteiger charge is 2.85. The number of carboxylic acid groups (broad SMARTS) is 1. The summed E-state index contributed by atoms with van der Waals surface area (Å²) >= 11 is 0. The number of nitrogens with zero attached hydrogens (tertiary/aromatic N) is 1. The zero-order valence-electron chi connectivity index (χ0n) is 20.5. The van der Waals surface area contributed by atoms with Crippen molar-refractivity contribution in [1.29, 1.82) is 0 Å². The number of ether oxygens (including phenoxy) is 2. The number of aldehydes is 1. The fourth-order valence-corrected chi connectivity index (χ4v) is 9.29. The van der Waals surface area contributed by atoms with Crippen molar-refractivity contribution in [3.63, 3.8) is 0 Å². The van der Waals surface area contributed by atoms with Crippen LogP contribution in [0.15, 0.2) is 11.6 Å². The number of rotatable bonds is 6. The lowest BCUT2D eigenvalue weighted by Gasteiger charge is -2.58. The van der Waals surface area contributed by atoms with Gasteiger partial charge in [-0.05, 0) is 62.7 Å². The molecule has 0 radical (unpaired) electrons. The largest absolute Gasteiger partial charge is 0.480 e. The van der Waals surface area contributed by atoms with E-state index in [-0.39, 0.29) is 23.9 Å². The molecule has 0 aromatic carbocycles. The van der Waals surface area contributed by atoms with Crippen molar-refractivity contribution in [2.75, 3.05) is 13.1 Å². The Bertz CT molecular complexity index is 897. The number of fused-ring (bicyclic) bond motifs is 2. The van der Waals surface area contributed by atoms with Gasteiger partial charge in [0.1, 0.15) is 11.7 Å². The van der Waals surface area contributed by atoms with Gasteiger partial charge < -0.3 is 19.4 Å². The number of morpholine rings is 1. The molecule has 6 nitrogen and oxygen atoms in total. The monoisotopic (exact) mass is 457 g/mol. The summed E-state index contributed by atoms with van der Waals surface area (Å²) in [5.74, 6) is 0.0723. The molecule has 9 atom stereocenters. The third-order valence-electron chi connectivity index (χ3n) is 10.5. The molecule has 0 spiro atoms. The van der Waals surface area contributed by atoms with E-state index in [1.807, 2.05) is 0 Å². The van der Waals surface area contributed by atoms with Crippen molar-refractivity contribution < 1.29 is 24.2 Å². The Labute approximate surface area is 197 Å². The van der Waals surface area contributed by atoms with Crippen molar-refractivity contribution in [3.8, 4) is 0 Å². The van der Waals surface area contributed by atoms with Crippen LogP contribution >= 0.6 is 0 Å². The molecular formula is C27H39NO5. The molecule has 0 aromatic rings. The normalized spacial score (nSPS) is 51.0. The highest BCUT2D eigenvalue weighted by molar-refractivity contribution is 5.91. The summed E-state index contributed by atoms with van der Waals surface area (Å²) < 4.78 is 13.4. The number of hydrogen-bond acceptors (Lipinski definition) is 5. The zero-order valence-corrected chi connectivity index (χ0v) is 20.5. The molecule has 0 aromatic heterocycles. The third kappa shape index (κ3) is 2.61. The molecule has 33 heavy (non-hydrogen) atoms. The molecule has 6 heteroatoms. The van der Waals surface area contributed by atoms with Gasteiger partial charge in [0.05, 0.1) is 17.1 Å². The maximum Gasteiger partial charge on any atom is 0.317 e. The van der Waals surface area contributed by atoms with Gasteiger partial charge in [-0.15, -0.1) is 0 Å². The van der Waals surface area contributed by atoms with Crippen molar-refractivity contribution in [2.24, 2.45) is 40.4 Å². The molecular weight excluding hydrogens is 418 g/mol. The van der Waals surface area contributed by atoms with Gasteiger partial charge in [0.25, 0.3) is 0 Å². The van der Waals surface area contributed by atoms with E-state index in [9.17, 15) is 14.7 Å². The van der Waals surface area contributed by atoms with Gasteiger partial charge >= 0.3 is 5.97 Å². The third-order valence-corrected chi connectivity index (χ3v) is 10.5. The molecule has 0 unspecified atom stereocenters. The number of hydrogen-bond donors (Lipinski definition) is 1. The fraction of sp³-hybridized carbons (Fsp3) is 0.852. The quantitative estimate of drug-likeness (QED) is 0.482. The van der Waals surface area contributed by atoms with Gasteiger partial charge in [-0.25, -0.2) is 0 Å². The molecule has 4 saturated carbocycles. The summed E-state index contributed by atoms with van der Waals surface area (Å²) in [6, 6.07) is 0.609. The van der Waals surface area contributed by atoms with Crippen LogP contribution in [0.3, 0.4) is 0 Å². The van der Waals surface area contributed by atoms with Crippen LogP contribution in [0.5, 0.6) is 0 Å². The summed E-state index contributed by atoms with van der Waals surface area (Å²) in [5, 5.41) is 11.1. The van der Waals surface area contributed by atoms with E-state index in [1.165, 1.54) is 12.8 Å². The lowest BCUT2D eigenvalue weighted by molar-refractivity contribution is -0.293. The zero-order chi connectivity index (χ0) is 23.3. The summed E-state index contributed by atoms with van der Waals surface area (Å²) in [6.07, 6.45) is 8.62. The van der Waals surface area contributed by atoms with Gasteiger partial charge in [-0.1, -0.05) is 38.8 Å². The van der Waals surface area contributed by atoms with Crippen LogP contribution in [0.2, 0.25) is 0 Å². The Morgan fingerprint density at radius 2 is 1.97 bits per heavy atom. The molecule has 0 amide bonds. The lowest BCUT2D eigenvalue weighted by atomic mass is 9.45. The molecule has 1 aliphatic heterocycles. The summed E-state index contributed by atoms with van der Waals surface area (Å²) in [6.45, 7) is 10.1. The van der Waals surface area contributed by atoms with Gasteiger partial charge in [0, 0.05) is 25.0 Å². The Balaban J connectivity index is 1.48. The average Bonchev–Trinajstić information content (AvgIpc) is 3.47. The van der Waals surface area contributed by atoms with E-state index in [0.717, 1.165) is 37.7 Å². The number of carbonyl (C=O) groups excluding carboxylic acids is 1. The number of carbonyl (C=O) groups is 2. The molecule has 1 heterocycles. The second kappa shape index (κ2) is 7.14. The first kappa shape index (κ1) is 22.2. The predicted octanol–water partition coefficient (Wildman–Crippen LogP) is 3.89. The lowest BCUT2D eigenvalue weighted by Crippen LogP contribution is -2.67. The molecule has 6 rings (SSSR count). The highest BCUT2D eigenvalue weighted by atomic mass is 16.7. The Morgan fingerprint density at radius 1 is 1.21 bits per heavy atom. The molecule has 5 aliphatic carbocycles. The first-order valence-electron chi connectivity index (χ1n) is 13.2. The highest BCUT2D eigenvalue weighted by Crippen LogP contribution is 2.80.